The highest BCUT2D eigenvalue weighted by Gasteiger charge is 2.30. The molecule has 1 amide bonds. The van der Waals surface area contributed by atoms with Crippen molar-refractivity contribution in [2.24, 2.45) is 0 Å². The van der Waals surface area contributed by atoms with E-state index in [1.54, 1.807) is 31.2 Å². The first-order valence-corrected chi connectivity index (χ1v) is 8.72. The van der Waals surface area contributed by atoms with Gasteiger partial charge in [-0.25, -0.2) is 15.6 Å². The summed E-state index contributed by atoms with van der Waals surface area (Å²) in [6.07, 6.45) is 0.645. The summed E-state index contributed by atoms with van der Waals surface area (Å²) in [7, 11) is 0. The van der Waals surface area contributed by atoms with E-state index in [9.17, 15) is 9.59 Å². The van der Waals surface area contributed by atoms with Crippen molar-refractivity contribution in [3.63, 3.8) is 0 Å². The maximum atomic E-state index is 12.5. The number of hydrazine groups is 1. The zero-order valence-corrected chi connectivity index (χ0v) is 14.9. The monoisotopic (exact) mass is 353 g/mol. The summed E-state index contributed by atoms with van der Waals surface area (Å²) < 4.78 is 4.99. The van der Waals surface area contributed by atoms with Gasteiger partial charge in [0.25, 0.3) is 0 Å². The molecule has 6 heteroatoms. The summed E-state index contributed by atoms with van der Waals surface area (Å²) >= 11 is 0. The molecule has 2 unspecified atom stereocenters. The van der Waals surface area contributed by atoms with Gasteiger partial charge in [0.1, 0.15) is 6.04 Å². The van der Waals surface area contributed by atoms with Crippen LogP contribution in [0.3, 0.4) is 0 Å². The summed E-state index contributed by atoms with van der Waals surface area (Å²) in [5, 5.41) is 2.85. The molecule has 2 aromatic rings. The number of ether oxygens (including phenoxy) is 1. The highest BCUT2D eigenvalue weighted by Crippen LogP contribution is 2.23. The lowest BCUT2D eigenvalue weighted by Gasteiger charge is -2.12. The van der Waals surface area contributed by atoms with Crippen LogP contribution in [0.25, 0.3) is 0 Å². The van der Waals surface area contributed by atoms with Gasteiger partial charge in [0.05, 0.1) is 12.2 Å². The van der Waals surface area contributed by atoms with Crippen LogP contribution in [0.5, 0.6) is 0 Å². The van der Waals surface area contributed by atoms with E-state index >= 15 is 0 Å². The van der Waals surface area contributed by atoms with Gasteiger partial charge in [0.15, 0.2) is 0 Å². The maximum Gasteiger partial charge on any atom is 0.338 e. The van der Waals surface area contributed by atoms with Gasteiger partial charge < -0.3 is 10.1 Å². The third kappa shape index (κ3) is 4.28. The molecule has 1 fully saturated rings. The smallest absolute Gasteiger partial charge is 0.338 e. The molecule has 136 valence electrons. The first kappa shape index (κ1) is 18.1. The van der Waals surface area contributed by atoms with E-state index in [4.69, 9.17) is 4.74 Å². The Balaban J connectivity index is 1.61. The molecule has 0 spiro atoms. The number of benzene rings is 2. The molecule has 3 rings (SSSR count). The van der Waals surface area contributed by atoms with E-state index in [0.717, 1.165) is 5.56 Å². The molecule has 0 saturated carbocycles. The SMILES string of the molecule is CCOC(=O)c1cccc(NC(=O)C2CC(c3ccc(C)cc3)NN2)c1. The van der Waals surface area contributed by atoms with Gasteiger partial charge in [-0.1, -0.05) is 35.9 Å². The standard InChI is InChI=1S/C20H23N3O3/c1-3-26-20(25)15-5-4-6-16(11-15)21-19(24)18-12-17(22-23-18)14-9-7-13(2)8-10-14/h4-11,17-18,22-23H,3,12H2,1-2H3,(H,21,24). The minimum atomic E-state index is -0.399. The number of nitrogens with one attached hydrogen (secondary N) is 3. The molecule has 1 heterocycles. The molecule has 3 N–H and O–H groups in total. The number of carbonyl (C=O) groups is 2. The second-order valence-electron chi connectivity index (χ2n) is 6.33. The molecule has 1 aliphatic rings. The predicted molar refractivity (Wildman–Crippen MR) is 99.6 cm³/mol. The number of amides is 1. The van der Waals surface area contributed by atoms with Crippen LogP contribution in [-0.2, 0) is 9.53 Å². The van der Waals surface area contributed by atoms with Crippen molar-refractivity contribution in [1.82, 2.24) is 10.9 Å². The van der Waals surface area contributed by atoms with Crippen LogP contribution in [0.1, 0.15) is 40.9 Å². The Labute approximate surface area is 152 Å². The molecule has 1 saturated heterocycles. The van der Waals surface area contributed by atoms with Crippen LogP contribution in [-0.4, -0.2) is 24.5 Å². The first-order chi connectivity index (χ1) is 12.6. The van der Waals surface area contributed by atoms with E-state index in [2.05, 4.69) is 40.4 Å². The van der Waals surface area contributed by atoms with Gasteiger partial charge in [0, 0.05) is 11.7 Å². The summed E-state index contributed by atoms with van der Waals surface area (Å²) in [5.74, 6) is -0.545. The summed E-state index contributed by atoms with van der Waals surface area (Å²) in [5.41, 5.74) is 9.55. The van der Waals surface area contributed by atoms with Crippen LogP contribution in [0.4, 0.5) is 5.69 Å². The topological polar surface area (TPSA) is 79.5 Å². The average Bonchev–Trinajstić information content (AvgIpc) is 3.13. The van der Waals surface area contributed by atoms with Gasteiger partial charge in [-0.15, -0.1) is 0 Å². The van der Waals surface area contributed by atoms with E-state index in [1.807, 2.05) is 6.92 Å². The molecule has 0 aliphatic carbocycles. The molecule has 0 aromatic heterocycles. The highest BCUT2D eigenvalue weighted by atomic mass is 16.5. The highest BCUT2D eigenvalue weighted by molar-refractivity contribution is 5.97. The quantitative estimate of drug-likeness (QED) is 0.720. The summed E-state index contributed by atoms with van der Waals surface area (Å²) in [6, 6.07) is 14.7. The Hall–Kier alpha value is -2.70. The Morgan fingerprint density at radius 1 is 1.15 bits per heavy atom. The second-order valence-corrected chi connectivity index (χ2v) is 6.33. The normalized spacial score (nSPS) is 19.2. The van der Waals surface area contributed by atoms with E-state index < -0.39 is 5.97 Å². The lowest BCUT2D eigenvalue weighted by Crippen LogP contribution is -2.39. The van der Waals surface area contributed by atoms with Gasteiger partial charge >= 0.3 is 5.97 Å². The molecular weight excluding hydrogens is 330 g/mol. The fourth-order valence-corrected chi connectivity index (χ4v) is 2.91. The Morgan fingerprint density at radius 3 is 2.65 bits per heavy atom. The Morgan fingerprint density at radius 2 is 1.92 bits per heavy atom. The second kappa shape index (κ2) is 8.12. The fourth-order valence-electron chi connectivity index (χ4n) is 2.91. The third-order valence-electron chi connectivity index (χ3n) is 4.34. The molecule has 26 heavy (non-hydrogen) atoms. The summed E-state index contributed by atoms with van der Waals surface area (Å²) in [4.78, 5) is 24.3. The van der Waals surface area contributed by atoms with Crippen molar-refractivity contribution >= 4 is 17.6 Å². The van der Waals surface area contributed by atoms with Crippen molar-refractivity contribution < 1.29 is 14.3 Å². The van der Waals surface area contributed by atoms with Crippen molar-refractivity contribution in [1.29, 1.82) is 0 Å². The number of hydrogen-bond donors (Lipinski definition) is 3. The molecular formula is C20H23N3O3. The Kier molecular flexibility index (Phi) is 5.65. The number of carbonyl (C=O) groups excluding carboxylic acids is 2. The van der Waals surface area contributed by atoms with E-state index in [1.165, 1.54) is 5.56 Å². The molecule has 2 atom stereocenters. The number of hydrogen-bond acceptors (Lipinski definition) is 5. The van der Waals surface area contributed by atoms with E-state index in [0.29, 0.717) is 24.3 Å². The number of rotatable bonds is 5. The average molecular weight is 353 g/mol. The molecule has 6 nitrogen and oxygen atoms in total. The number of esters is 1. The van der Waals surface area contributed by atoms with Crippen molar-refractivity contribution in [2.75, 3.05) is 11.9 Å². The largest absolute Gasteiger partial charge is 0.462 e. The Bertz CT molecular complexity index is 789. The third-order valence-corrected chi connectivity index (χ3v) is 4.34. The van der Waals surface area contributed by atoms with Crippen molar-refractivity contribution in [2.45, 2.75) is 32.4 Å². The summed E-state index contributed by atoms with van der Waals surface area (Å²) in [6.45, 7) is 4.12. The number of aryl methyl sites for hydroxylation is 1. The fraction of sp³-hybridized carbons (Fsp3) is 0.300. The van der Waals surface area contributed by atoms with Crippen LogP contribution in [0, 0.1) is 6.92 Å². The van der Waals surface area contributed by atoms with Crippen molar-refractivity contribution in [3.8, 4) is 0 Å². The van der Waals surface area contributed by atoms with Crippen LogP contribution < -0.4 is 16.2 Å². The molecule has 1 aliphatic heterocycles. The zero-order chi connectivity index (χ0) is 18.5. The lowest BCUT2D eigenvalue weighted by molar-refractivity contribution is -0.117. The number of anilines is 1. The van der Waals surface area contributed by atoms with Crippen LogP contribution in [0.15, 0.2) is 48.5 Å². The predicted octanol–water partition coefficient (Wildman–Crippen LogP) is 2.72. The minimum absolute atomic E-state index is 0.0808. The molecule has 0 radical (unpaired) electrons. The van der Waals surface area contributed by atoms with Gasteiger partial charge in [0.2, 0.25) is 5.91 Å². The first-order valence-electron chi connectivity index (χ1n) is 8.72. The van der Waals surface area contributed by atoms with E-state index in [-0.39, 0.29) is 18.0 Å². The van der Waals surface area contributed by atoms with Gasteiger partial charge in [-0.3, -0.25) is 4.79 Å². The lowest BCUT2D eigenvalue weighted by atomic mass is 10.0. The van der Waals surface area contributed by atoms with Crippen LogP contribution >= 0.6 is 0 Å². The van der Waals surface area contributed by atoms with Crippen molar-refractivity contribution in [3.05, 3.63) is 65.2 Å². The van der Waals surface area contributed by atoms with Crippen LogP contribution in [0.2, 0.25) is 0 Å². The maximum absolute atomic E-state index is 12.5. The molecule has 2 aromatic carbocycles. The van der Waals surface area contributed by atoms with Gasteiger partial charge in [-0.2, -0.15) is 0 Å². The minimum Gasteiger partial charge on any atom is -0.462 e. The van der Waals surface area contributed by atoms with Gasteiger partial charge in [-0.05, 0) is 44.0 Å². The molecule has 0 bridgehead atoms. The zero-order valence-electron chi connectivity index (χ0n) is 14.9.